The Balaban J connectivity index is 2.24. The molecule has 102 valence electrons. The maximum Gasteiger partial charge on any atom is 0.253 e. The Morgan fingerprint density at radius 1 is 1.37 bits per heavy atom. The highest BCUT2D eigenvalue weighted by Crippen LogP contribution is 2.35. The predicted octanol–water partition coefficient (Wildman–Crippen LogP) is 0.924. The highest BCUT2D eigenvalue weighted by atomic mass is 16.3. The minimum Gasteiger partial charge on any atom is -0.394 e. The monoisotopic (exact) mass is 262 g/mol. The summed E-state index contributed by atoms with van der Waals surface area (Å²) in [7, 11) is 1.63. The zero-order valence-corrected chi connectivity index (χ0v) is 11.1. The number of hydrogen-bond acceptors (Lipinski definition) is 3. The summed E-state index contributed by atoms with van der Waals surface area (Å²) < 4.78 is 0. The van der Waals surface area contributed by atoms with Crippen LogP contribution in [0, 0.1) is 0 Å². The van der Waals surface area contributed by atoms with Gasteiger partial charge in [-0.15, -0.1) is 0 Å². The summed E-state index contributed by atoms with van der Waals surface area (Å²) in [5.74, 6) is -0.390. The molecule has 2 rings (SSSR count). The van der Waals surface area contributed by atoms with E-state index in [-0.39, 0.29) is 18.4 Å². The van der Waals surface area contributed by atoms with Crippen LogP contribution in [0.15, 0.2) is 24.3 Å². The van der Waals surface area contributed by atoms with E-state index >= 15 is 0 Å². The van der Waals surface area contributed by atoms with E-state index in [1.165, 1.54) is 11.8 Å². The number of aliphatic hydroxyl groups is 1. The van der Waals surface area contributed by atoms with Crippen LogP contribution in [-0.2, 0) is 4.79 Å². The third-order valence-corrected chi connectivity index (χ3v) is 3.52. The zero-order chi connectivity index (χ0) is 14.0. The van der Waals surface area contributed by atoms with Crippen molar-refractivity contribution in [2.45, 2.75) is 25.3 Å². The molecule has 0 saturated heterocycles. The van der Waals surface area contributed by atoms with Crippen LogP contribution in [-0.4, -0.2) is 36.1 Å². The van der Waals surface area contributed by atoms with Gasteiger partial charge in [0.15, 0.2) is 0 Å². The largest absolute Gasteiger partial charge is 0.394 e. The lowest BCUT2D eigenvalue weighted by Crippen LogP contribution is -2.40. The van der Waals surface area contributed by atoms with Gasteiger partial charge in [0.05, 0.1) is 23.4 Å². The Kier molecular flexibility index (Phi) is 3.57. The molecular formula is C14H18N2O3. The maximum absolute atomic E-state index is 12.2. The first-order chi connectivity index (χ1) is 8.99. The van der Waals surface area contributed by atoms with Crippen molar-refractivity contribution in [3.05, 3.63) is 29.8 Å². The van der Waals surface area contributed by atoms with E-state index in [1.54, 1.807) is 31.3 Å². The molecule has 2 N–H and O–H groups in total. The summed E-state index contributed by atoms with van der Waals surface area (Å²) in [6.45, 7) is 1.40. The highest BCUT2D eigenvalue weighted by Gasteiger charge is 2.43. The second kappa shape index (κ2) is 5.01. The van der Waals surface area contributed by atoms with Crippen molar-refractivity contribution < 1.29 is 14.7 Å². The molecule has 0 radical (unpaired) electrons. The molecule has 0 unspecified atom stereocenters. The number of carbonyl (C=O) groups is 2. The molecule has 5 nitrogen and oxygen atoms in total. The normalized spacial score (nSPS) is 15.7. The number of nitrogens with one attached hydrogen (secondary N) is 1. The lowest BCUT2D eigenvalue weighted by molar-refractivity contribution is -0.116. The number of hydrogen-bond donors (Lipinski definition) is 2. The van der Waals surface area contributed by atoms with E-state index in [0.717, 1.165) is 12.8 Å². The molecule has 0 aliphatic heterocycles. The predicted molar refractivity (Wildman–Crippen MR) is 72.0 cm³/mol. The van der Waals surface area contributed by atoms with Crippen LogP contribution in [0.2, 0.25) is 0 Å². The SMILES string of the molecule is CC(=O)N(C)c1ccccc1C(=O)NC1(CO)CC1. The minimum atomic E-state index is -0.459. The Hall–Kier alpha value is -1.88. The van der Waals surface area contributed by atoms with E-state index in [2.05, 4.69) is 5.32 Å². The average molecular weight is 262 g/mol. The fourth-order valence-corrected chi connectivity index (χ4v) is 1.91. The van der Waals surface area contributed by atoms with Gasteiger partial charge in [0.25, 0.3) is 5.91 Å². The summed E-state index contributed by atoms with van der Waals surface area (Å²) in [6.07, 6.45) is 1.58. The molecule has 0 heterocycles. The van der Waals surface area contributed by atoms with Crippen LogP contribution < -0.4 is 10.2 Å². The van der Waals surface area contributed by atoms with E-state index in [0.29, 0.717) is 11.3 Å². The number of aliphatic hydroxyl groups excluding tert-OH is 1. The van der Waals surface area contributed by atoms with Gasteiger partial charge in [-0.2, -0.15) is 0 Å². The van der Waals surface area contributed by atoms with E-state index in [4.69, 9.17) is 0 Å². The quantitative estimate of drug-likeness (QED) is 0.848. The van der Waals surface area contributed by atoms with Crippen LogP contribution in [0.1, 0.15) is 30.1 Å². The van der Waals surface area contributed by atoms with Gasteiger partial charge in [0.2, 0.25) is 5.91 Å². The molecule has 5 heteroatoms. The Morgan fingerprint density at radius 3 is 2.53 bits per heavy atom. The molecule has 0 atom stereocenters. The Labute approximate surface area is 112 Å². The number of para-hydroxylation sites is 1. The molecule has 0 spiro atoms. The number of carbonyl (C=O) groups excluding carboxylic acids is 2. The topological polar surface area (TPSA) is 69.6 Å². The molecule has 1 aromatic carbocycles. The Bertz CT molecular complexity index is 509. The fourth-order valence-electron chi connectivity index (χ4n) is 1.91. The zero-order valence-electron chi connectivity index (χ0n) is 11.1. The number of rotatable bonds is 4. The molecule has 1 saturated carbocycles. The lowest BCUT2D eigenvalue weighted by atomic mass is 10.1. The van der Waals surface area contributed by atoms with E-state index in [9.17, 15) is 14.7 Å². The van der Waals surface area contributed by atoms with Crippen molar-refractivity contribution in [3.63, 3.8) is 0 Å². The molecular weight excluding hydrogens is 244 g/mol. The third-order valence-electron chi connectivity index (χ3n) is 3.52. The van der Waals surface area contributed by atoms with E-state index < -0.39 is 5.54 Å². The number of nitrogens with zero attached hydrogens (tertiary/aromatic N) is 1. The van der Waals surface area contributed by atoms with Gasteiger partial charge < -0.3 is 15.3 Å². The van der Waals surface area contributed by atoms with Crippen LogP contribution in [0.25, 0.3) is 0 Å². The molecule has 1 aromatic rings. The van der Waals surface area contributed by atoms with E-state index in [1.807, 2.05) is 0 Å². The standard InChI is InChI=1S/C14H18N2O3/c1-10(18)16(2)12-6-4-3-5-11(12)13(19)15-14(9-17)7-8-14/h3-6,17H,7-9H2,1-2H3,(H,15,19). The van der Waals surface area contributed by atoms with Gasteiger partial charge in [-0.3, -0.25) is 9.59 Å². The van der Waals surface area contributed by atoms with Gasteiger partial charge in [-0.05, 0) is 25.0 Å². The van der Waals surface area contributed by atoms with Crippen LogP contribution in [0.4, 0.5) is 5.69 Å². The van der Waals surface area contributed by atoms with Crippen LogP contribution in [0.3, 0.4) is 0 Å². The molecule has 2 amide bonds. The first kappa shape index (κ1) is 13.5. The molecule has 1 aliphatic rings. The number of amides is 2. The minimum absolute atomic E-state index is 0.0521. The highest BCUT2D eigenvalue weighted by molar-refractivity contribution is 6.04. The Morgan fingerprint density at radius 2 is 2.00 bits per heavy atom. The molecule has 1 fully saturated rings. The second-order valence-corrected chi connectivity index (χ2v) is 4.99. The third kappa shape index (κ3) is 2.76. The molecule has 19 heavy (non-hydrogen) atoms. The average Bonchev–Trinajstić information content (AvgIpc) is 3.18. The molecule has 0 aromatic heterocycles. The molecule has 0 bridgehead atoms. The summed E-state index contributed by atoms with van der Waals surface area (Å²) in [4.78, 5) is 25.1. The molecule has 1 aliphatic carbocycles. The summed E-state index contributed by atoms with van der Waals surface area (Å²) in [6, 6.07) is 6.95. The van der Waals surface area contributed by atoms with Crippen LogP contribution >= 0.6 is 0 Å². The van der Waals surface area contributed by atoms with Crippen molar-refractivity contribution in [3.8, 4) is 0 Å². The van der Waals surface area contributed by atoms with Gasteiger partial charge in [-0.25, -0.2) is 0 Å². The number of benzene rings is 1. The lowest BCUT2D eigenvalue weighted by Gasteiger charge is -2.20. The summed E-state index contributed by atoms with van der Waals surface area (Å²) >= 11 is 0. The van der Waals surface area contributed by atoms with Crippen molar-refractivity contribution in [1.29, 1.82) is 0 Å². The smallest absolute Gasteiger partial charge is 0.253 e. The van der Waals surface area contributed by atoms with Crippen molar-refractivity contribution in [2.24, 2.45) is 0 Å². The van der Waals surface area contributed by atoms with Crippen molar-refractivity contribution in [1.82, 2.24) is 5.32 Å². The second-order valence-electron chi connectivity index (χ2n) is 4.99. The van der Waals surface area contributed by atoms with Gasteiger partial charge in [-0.1, -0.05) is 12.1 Å². The first-order valence-electron chi connectivity index (χ1n) is 6.26. The van der Waals surface area contributed by atoms with Crippen molar-refractivity contribution in [2.75, 3.05) is 18.6 Å². The summed E-state index contributed by atoms with van der Waals surface area (Å²) in [5, 5.41) is 12.1. The number of anilines is 1. The van der Waals surface area contributed by atoms with Gasteiger partial charge in [0.1, 0.15) is 0 Å². The maximum atomic E-state index is 12.2. The van der Waals surface area contributed by atoms with Gasteiger partial charge >= 0.3 is 0 Å². The van der Waals surface area contributed by atoms with Crippen LogP contribution in [0.5, 0.6) is 0 Å². The van der Waals surface area contributed by atoms with Gasteiger partial charge in [0, 0.05) is 14.0 Å². The fraction of sp³-hybridized carbons (Fsp3) is 0.429. The first-order valence-corrected chi connectivity index (χ1v) is 6.26. The van der Waals surface area contributed by atoms with Crippen molar-refractivity contribution >= 4 is 17.5 Å². The summed E-state index contributed by atoms with van der Waals surface area (Å²) in [5.41, 5.74) is 0.556.